The standard InChI is InChI=1S/C18H20N6O3/c1-23-8-7-20-16(23)14-11-19-6-9-24(14)18(25)15-21-17(27-22-15)12-4-3-5-13(10-12)26-2/h3-5,7-8,10,14,19H,6,9,11H2,1-2H3. The van der Waals surface area contributed by atoms with Crippen LogP contribution in [0.25, 0.3) is 11.5 Å². The van der Waals surface area contributed by atoms with Gasteiger partial charge >= 0.3 is 0 Å². The second kappa shape index (κ2) is 7.20. The van der Waals surface area contributed by atoms with Crippen molar-refractivity contribution in [1.82, 2.24) is 29.9 Å². The van der Waals surface area contributed by atoms with Crippen molar-refractivity contribution in [3.05, 3.63) is 48.3 Å². The largest absolute Gasteiger partial charge is 0.497 e. The number of ether oxygens (including phenoxy) is 1. The number of methoxy groups -OCH3 is 1. The molecule has 0 saturated carbocycles. The van der Waals surface area contributed by atoms with Gasteiger partial charge in [-0.2, -0.15) is 4.98 Å². The lowest BCUT2D eigenvalue weighted by atomic mass is 10.1. The highest BCUT2D eigenvalue weighted by Gasteiger charge is 2.33. The van der Waals surface area contributed by atoms with Crippen LogP contribution in [0.1, 0.15) is 22.5 Å². The molecule has 1 atom stereocenters. The number of carbonyl (C=O) groups excluding carboxylic acids is 1. The van der Waals surface area contributed by atoms with E-state index < -0.39 is 0 Å². The van der Waals surface area contributed by atoms with Crippen molar-refractivity contribution in [2.45, 2.75) is 6.04 Å². The van der Waals surface area contributed by atoms with Gasteiger partial charge in [0.25, 0.3) is 17.6 Å². The van der Waals surface area contributed by atoms with Crippen LogP contribution in [0.2, 0.25) is 0 Å². The monoisotopic (exact) mass is 368 g/mol. The van der Waals surface area contributed by atoms with Gasteiger partial charge in [-0.3, -0.25) is 4.79 Å². The molecule has 1 unspecified atom stereocenters. The van der Waals surface area contributed by atoms with E-state index in [0.29, 0.717) is 30.9 Å². The van der Waals surface area contributed by atoms with Crippen LogP contribution in [-0.2, 0) is 7.05 Å². The molecule has 1 N–H and O–H groups in total. The normalized spacial score (nSPS) is 17.1. The Bertz CT molecular complexity index is 950. The summed E-state index contributed by atoms with van der Waals surface area (Å²) >= 11 is 0. The summed E-state index contributed by atoms with van der Waals surface area (Å²) in [4.78, 5) is 23.5. The highest BCUT2D eigenvalue weighted by atomic mass is 16.5. The fraction of sp³-hybridized carbons (Fsp3) is 0.333. The molecule has 9 nitrogen and oxygen atoms in total. The van der Waals surface area contributed by atoms with Crippen LogP contribution < -0.4 is 10.1 Å². The topological polar surface area (TPSA) is 98.3 Å². The number of hydrogen-bond acceptors (Lipinski definition) is 7. The molecule has 1 aliphatic rings. The van der Waals surface area contributed by atoms with Crippen LogP contribution in [0.5, 0.6) is 5.75 Å². The van der Waals surface area contributed by atoms with Gasteiger partial charge in [0.2, 0.25) is 0 Å². The Labute approximate surface area is 156 Å². The van der Waals surface area contributed by atoms with Crippen molar-refractivity contribution in [1.29, 1.82) is 0 Å². The average Bonchev–Trinajstić information content (AvgIpc) is 3.37. The summed E-state index contributed by atoms with van der Waals surface area (Å²) in [5.41, 5.74) is 0.696. The molecule has 1 amide bonds. The van der Waals surface area contributed by atoms with E-state index in [4.69, 9.17) is 9.26 Å². The molecular formula is C18H20N6O3. The minimum absolute atomic E-state index is 0.0360. The lowest BCUT2D eigenvalue weighted by Gasteiger charge is -2.34. The van der Waals surface area contributed by atoms with E-state index in [2.05, 4.69) is 20.4 Å². The molecule has 0 radical (unpaired) electrons. The van der Waals surface area contributed by atoms with Gasteiger partial charge in [-0.15, -0.1) is 0 Å². The Hall–Kier alpha value is -3.20. The number of nitrogens with one attached hydrogen (secondary N) is 1. The first-order chi connectivity index (χ1) is 13.2. The first-order valence-corrected chi connectivity index (χ1v) is 8.64. The summed E-state index contributed by atoms with van der Waals surface area (Å²) in [6.07, 6.45) is 3.59. The van der Waals surface area contributed by atoms with Gasteiger partial charge in [0, 0.05) is 44.6 Å². The number of imidazole rings is 1. The second-order valence-corrected chi connectivity index (χ2v) is 6.27. The molecule has 3 aromatic rings. The Morgan fingerprint density at radius 1 is 1.41 bits per heavy atom. The summed E-state index contributed by atoms with van der Waals surface area (Å²) in [6, 6.07) is 7.07. The summed E-state index contributed by atoms with van der Waals surface area (Å²) in [5, 5.41) is 7.20. The van der Waals surface area contributed by atoms with Gasteiger partial charge in [0.1, 0.15) is 17.6 Å². The summed E-state index contributed by atoms with van der Waals surface area (Å²) < 4.78 is 12.4. The van der Waals surface area contributed by atoms with Gasteiger partial charge in [-0.05, 0) is 18.2 Å². The van der Waals surface area contributed by atoms with E-state index in [9.17, 15) is 4.79 Å². The quantitative estimate of drug-likeness (QED) is 0.740. The molecular weight excluding hydrogens is 348 g/mol. The van der Waals surface area contributed by atoms with Crippen molar-refractivity contribution < 1.29 is 14.1 Å². The zero-order chi connectivity index (χ0) is 18.8. The van der Waals surface area contributed by atoms with Crippen molar-refractivity contribution >= 4 is 5.91 Å². The zero-order valence-electron chi connectivity index (χ0n) is 15.1. The molecule has 1 aromatic carbocycles. The van der Waals surface area contributed by atoms with E-state index in [-0.39, 0.29) is 23.7 Å². The van der Waals surface area contributed by atoms with Crippen LogP contribution in [0.4, 0.5) is 0 Å². The first kappa shape index (κ1) is 17.2. The molecule has 4 rings (SSSR count). The van der Waals surface area contributed by atoms with Crippen molar-refractivity contribution in [2.24, 2.45) is 7.05 Å². The highest BCUT2D eigenvalue weighted by Crippen LogP contribution is 2.25. The number of amides is 1. The van der Waals surface area contributed by atoms with Gasteiger partial charge in [-0.1, -0.05) is 11.2 Å². The smallest absolute Gasteiger partial charge is 0.295 e. The molecule has 2 aromatic heterocycles. The lowest BCUT2D eigenvalue weighted by molar-refractivity contribution is 0.0605. The number of rotatable bonds is 4. The maximum Gasteiger partial charge on any atom is 0.295 e. The first-order valence-electron chi connectivity index (χ1n) is 8.64. The Kier molecular flexibility index (Phi) is 4.59. The molecule has 0 spiro atoms. The zero-order valence-corrected chi connectivity index (χ0v) is 15.1. The van der Waals surface area contributed by atoms with Gasteiger partial charge < -0.3 is 24.0 Å². The lowest BCUT2D eigenvalue weighted by Crippen LogP contribution is -2.49. The van der Waals surface area contributed by atoms with Crippen LogP contribution in [-0.4, -0.2) is 57.2 Å². The molecule has 0 bridgehead atoms. The molecule has 1 saturated heterocycles. The molecule has 0 aliphatic carbocycles. The molecule has 140 valence electrons. The Morgan fingerprint density at radius 2 is 2.30 bits per heavy atom. The number of benzene rings is 1. The van der Waals surface area contributed by atoms with Crippen molar-refractivity contribution in [2.75, 3.05) is 26.7 Å². The number of aryl methyl sites for hydroxylation is 1. The fourth-order valence-electron chi connectivity index (χ4n) is 3.19. The Morgan fingerprint density at radius 3 is 3.07 bits per heavy atom. The average molecular weight is 368 g/mol. The predicted octanol–water partition coefficient (Wildman–Crippen LogP) is 1.27. The molecule has 9 heteroatoms. The van der Waals surface area contributed by atoms with Crippen LogP contribution in [0.3, 0.4) is 0 Å². The number of hydrogen-bond donors (Lipinski definition) is 1. The minimum Gasteiger partial charge on any atom is -0.497 e. The molecule has 27 heavy (non-hydrogen) atoms. The van der Waals surface area contributed by atoms with E-state index >= 15 is 0 Å². The number of aromatic nitrogens is 4. The summed E-state index contributed by atoms with van der Waals surface area (Å²) in [6.45, 7) is 1.86. The molecule has 3 heterocycles. The highest BCUT2D eigenvalue weighted by molar-refractivity contribution is 5.91. The summed E-state index contributed by atoms with van der Waals surface area (Å²) in [7, 11) is 3.50. The predicted molar refractivity (Wildman–Crippen MR) is 96.1 cm³/mol. The third-order valence-electron chi connectivity index (χ3n) is 4.59. The maximum atomic E-state index is 13.0. The van der Waals surface area contributed by atoms with Crippen molar-refractivity contribution in [3.63, 3.8) is 0 Å². The number of nitrogens with zero attached hydrogens (tertiary/aromatic N) is 5. The minimum atomic E-state index is -0.276. The third-order valence-corrected chi connectivity index (χ3v) is 4.59. The molecule has 1 aliphatic heterocycles. The molecule has 1 fully saturated rings. The van der Waals surface area contributed by atoms with Gasteiger partial charge in [-0.25, -0.2) is 4.98 Å². The number of carbonyl (C=O) groups is 1. The third kappa shape index (κ3) is 3.28. The summed E-state index contributed by atoms with van der Waals surface area (Å²) in [5.74, 6) is 1.53. The van der Waals surface area contributed by atoms with Gasteiger partial charge in [0.15, 0.2) is 0 Å². The van der Waals surface area contributed by atoms with Crippen LogP contribution >= 0.6 is 0 Å². The Balaban J connectivity index is 1.60. The van der Waals surface area contributed by atoms with Crippen molar-refractivity contribution in [3.8, 4) is 17.2 Å². The fourth-order valence-corrected chi connectivity index (χ4v) is 3.19. The van der Waals surface area contributed by atoms with E-state index in [1.54, 1.807) is 24.3 Å². The van der Waals surface area contributed by atoms with E-state index in [1.807, 2.05) is 36.0 Å². The van der Waals surface area contributed by atoms with E-state index in [1.165, 1.54) is 0 Å². The second-order valence-electron chi connectivity index (χ2n) is 6.27. The SMILES string of the molecule is COc1cccc(-c2nc(C(=O)N3CCNCC3c3nccn3C)no2)c1. The number of piperazine rings is 1. The van der Waals surface area contributed by atoms with Crippen LogP contribution in [0, 0.1) is 0 Å². The van der Waals surface area contributed by atoms with Crippen LogP contribution in [0.15, 0.2) is 41.2 Å². The maximum absolute atomic E-state index is 13.0. The van der Waals surface area contributed by atoms with E-state index in [0.717, 1.165) is 5.82 Å². The van der Waals surface area contributed by atoms with Gasteiger partial charge in [0.05, 0.1) is 7.11 Å².